The fourth-order valence-electron chi connectivity index (χ4n) is 2.82. The summed E-state index contributed by atoms with van der Waals surface area (Å²) in [5, 5.41) is 5.18. The molecule has 1 N–H and O–H groups in total. The summed E-state index contributed by atoms with van der Waals surface area (Å²) < 4.78 is 26.0. The minimum atomic E-state index is -3.33. The van der Waals surface area contributed by atoms with Gasteiger partial charge in [0, 0.05) is 23.7 Å². The fraction of sp³-hybridized carbons (Fsp3) is 0.150. The average Bonchev–Trinajstić information content (AvgIpc) is 3.12. The first-order valence-electron chi connectivity index (χ1n) is 8.79. The maximum atomic E-state index is 11.9. The van der Waals surface area contributed by atoms with Crippen molar-refractivity contribution in [1.29, 1.82) is 0 Å². The highest BCUT2D eigenvalue weighted by Gasteiger charge is 2.15. The van der Waals surface area contributed by atoms with Gasteiger partial charge in [0.1, 0.15) is 0 Å². The second kappa shape index (κ2) is 7.41. The number of sulfonamides is 1. The number of nitrogens with zero attached hydrogens (tertiary/aromatic N) is 4. The molecule has 148 valence electrons. The number of rotatable bonds is 5. The van der Waals surface area contributed by atoms with Gasteiger partial charge in [0.25, 0.3) is 0 Å². The molecule has 7 nitrogen and oxygen atoms in total. The van der Waals surface area contributed by atoms with Gasteiger partial charge in [-0.3, -0.25) is 9.29 Å². The van der Waals surface area contributed by atoms with E-state index in [-0.39, 0.29) is 0 Å². The van der Waals surface area contributed by atoms with Crippen molar-refractivity contribution in [2.24, 2.45) is 0 Å². The molecule has 29 heavy (non-hydrogen) atoms. The van der Waals surface area contributed by atoms with Crippen LogP contribution in [0.2, 0.25) is 0 Å². The highest BCUT2D eigenvalue weighted by molar-refractivity contribution is 7.92. The molecule has 0 aliphatic carbocycles. The van der Waals surface area contributed by atoms with Gasteiger partial charge < -0.3 is 5.32 Å². The monoisotopic (exact) mass is 425 g/mol. The quantitative estimate of drug-likeness (QED) is 0.516. The van der Waals surface area contributed by atoms with Crippen molar-refractivity contribution in [3.8, 4) is 11.1 Å². The molecule has 0 bridgehead atoms. The van der Waals surface area contributed by atoms with Crippen molar-refractivity contribution < 1.29 is 8.42 Å². The molecule has 0 aliphatic rings. The Morgan fingerprint density at radius 1 is 1.10 bits per heavy atom. The summed E-state index contributed by atoms with van der Waals surface area (Å²) >= 11 is 1.55. The van der Waals surface area contributed by atoms with Crippen LogP contribution in [0, 0.1) is 6.92 Å². The van der Waals surface area contributed by atoms with E-state index in [1.54, 1.807) is 36.8 Å². The Morgan fingerprint density at radius 2 is 1.93 bits per heavy atom. The number of pyridine rings is 1. The van der Waals surface area contributed by atoms with Crippen LogP contribution in [0.3, 0.4) is 0 Å². The summed E-state index contributed by atoms with van der Waals surface area (Å²) in [4.78, 5) is 13.3. The van der Waals surface area contributed by atoms with Crippen LogP contribution in [-0.4, -0.2) is 36.7 Å². The zero-order valence-electron chi connectivity index (χ0n) is 16.1. The zero-order chi connectivity index (χ0) is 20.6. The van der Waals surface area contributed by atoms with E-state index in [9.17, 15) is 8.42 Å². The number of aromatic nitrogens is 3. The molecule has 0 amide bonds. The molecule has 0 radical (unpaired) electrons. The van der Waals surface area contributed by atoms with Gasteiger partial charge in [-0.05, 0) is 36.8 Å². The molecule has 9 heteroatoms. The second-order valence-electron chi connectivity index (χ2n) is 6.65. The Kier molecular flexibility index (Phi) is 4.93. The van der Waals surface area contributed by atoms with E-state index >= 15 is 0 Å². The van der Waals surface area contributed by atoms with Gasteiger partial charge in [-0.2, -0.15) is 0 Å². The lowest BCUT2D eigenvalue weighted by Gasteiger charge is -2.17. The summed E-state index contributed by atoms with van der Waals surface area (Å²) in [7, 11) is -1.79. The maximum Gasteiger partial charge on any atom is 0.231 e. The predicted molar refractivity (Wildman–Crippen MR) is 118 cm³/mol. The SMILES string of the molecule is Cc1ccc(Nc2ncc3scc(-c4cccc(N(C)S(C)(=O)=O)c4)c3n2)cn1. The minimum Gasteiger partial charge on any atom is -0.323 e. The Balaban J connectivity index is 1.72. The molecular formula is C20H19N5O2S2. The number of thiophene rings is 1. The number of fused-ring (bicyclic) bond motifs is 1. The van der Waals surface area contributed by atoms with Gasteiger partial charge in [0.15, 0.2) is 0 Å². The smallest absolute Gasteiger partial charge is 0.231 e. The van der Waals surface area contributed by atoms with Crippen molar-refractivity contribution in [2.45, 2.75) is 6.92 Å². The van der Waals surface area contributed by atoms with Gasteiger partial charge in [-0.15, -0.1) is 11.3 Å². The molecule has 0 fully saturated rings. The molecule has 0 atom stereocenters. The first-order chi connectivity index (χ1) is 13.8. The van der Waals surface area contributed by atoms with Gasteiger partial charge in [-0.25, -0.2) is 18.4 Å². The van der Waals surface area contributed by atoms with E-state index in [0.29, 0.717) is 11.6 Å². The van der Waals surface area contributed by atoms with Crippen molar-refractivity contribution in [3.63, 3.8) is 0 Å². The molecule has 0 saturated heterocycles. The van der Waals surface area contributed by atoms with Crippen LogP contribution in [-0.2, 0) is 10.0 Å². The van der Waals surface area contributed by atoms with Crippen molar-refractivity contribution in [1.82, 2.24) is 15.0 Å². The molecule has 4 aromatic rings. The zero-order valence-corrected chi connectivity index (χ0v) is 17.8. The number of hydrogen-bond acceptors (Lipinski definition) is 7. The third-order valence-corrected chi connectivity index (χ3v) is 6.61. The Labute approximate surface area is 173 Å². The van der Waals surface area contributed by atoms with Gasteiger partial charge >= 0.3 is 0 Å². The molecule has 3 heterocycles. The first kappa shape index (κ1) is 19.3. The van der Waals surface area contributed by atoms with E-state index in [4.69, 9.17) is 0 Å². The maximum absolute atomic E-state index is 11.9. The molecule has 4 rings (SSSR count). The summed E-state index contributed by atoms with van der Waals surface area (Å²) in [6, 6.07) is 11.2. The molecule has 3 aromatic heterocycles. The lowest BCUT2D eigenvalue weighted by Crippen LogP contribution is -2.24. The van der Waals surface area contributed by atoms with Crippen molar-refractivity contribution in [3.05, 3.63) is 59.9 Å². The van der Waals surface area contributed by atoms with Crippen LogP contribution in [0.5, 0.6) is 0 Å². The van der Waals surface area contributed by atoms with Gasteiger partial charge in [0.2, 0.25) is 16.0 Å². The normalized spacial score (nSPS) is 11.6. The largest absolute Gasteiger partial charge is 0.323 e. The average molecular weight is 426 g/mol. The molecule has 0 saturated carbocycles. The third-order valence-electron chi connectivity index (χ3n) is 4.50. The molecule has 0 aliphatic heterocycles. The number of hydrogen-bond donors (Lipinski definition) is 1. The van der Waals surface area contributed by atoms with Crippen LogP contribution in [0.25, 0.3) is 21.3 Å². The van der Waals surface area contributed by atoms with Crippen LogP contribution >= 0.6 is 11.3 Å². The topological polar surface area (TPSA) is 88.1 Å². The van der Waals surface area contributed by atoms with Crippen LogP contribution in [0.1, 0.15) is 5.69 Å². The lowest BCUT2D eigenvalue weighted by molar-refractivity contribution is 0.600. The van der Waals surface area contributed by atoms with Crippen molar-refractivity contribution in [2.75, 3.05) is 22.9 Å². The summed E-state index contributed by atoms with van der Waals surface area (Å²) in [6.07, 6.45) is 4.71. The molecular weight excluding hydrogens is 406 g/mol. The van der Waals surface area contributed by atoms with E-state index in [1.807, 2.05) is 42.6 Å². The lowest BCUT2D eigenvalue weighted by atomic mass is 10.1. The Bertz CT molecular complexity index is 1280. The summed E-state index contributed by atoms with van der Waals surface area (Å²) in [5.74, 6) is 0.479. The number of benzene rings is 1. The van der Waals surface area contributed by atoms with Crippen molar-refractivity contribution >= 4 is 48.9 Å². The minimum absolute atomic E-state index is 0.479. The fourth-order valence-corrected chi connectivity index (χ4v) is 4.19. The summed E-state index contributed by atoms with van der Waals surface area (Å²) in [6.45, 7) is 1.93. The van der Waals surface area contributed by atoms with Crippen LogP contribution in [0.15, 0.2) is 54.2 Å². The predicted octanol–water partition coefficient (Wildman–Crippen LogP) is 4.20. The van der Waals surface area contributed by atoms with Gasteiger partial charge in [-0.1, -0.05) is 12.1 Å². The standard InChI is InChI=1S/C20H19N5O2S2/c1-13-7-8-15(10-21-13)23-20-22-11-18-19(24-20)17(12-28-18)14-5-4-6-16(9-14)25(2)29(3,26)27/h4-12H,1-3H3,(H,22,23,24). The molecule has 0 unspecified atom stereocenters. The second-order valence-corrected chi connectivity index (χ2v) is 9.57. The Morgan fingerprint density at radius 3 is 2.66 bits per heavy atom. The van der Waals surface area contributed by atoms with E-state index in [1.165, 1.54) is 10.6 Å². The number of aryl methyl sites for hydroxylation is 1. The summed E-state index contributed by atoms with van der Waals surface area (Å²) in [5.41, 5.74) is 4.98. The van der Waals surface area contributed by atoms with E-state index in [2.05, 4.69) is 20.3 Å². The number of anilines is 3. The van der Waals surface area contributed by atoms with E-state index in [0.717, 1.165) is 32.7 Å². The molecule has 0 spiro atoms. The van der Waals surface area contributed by atoms with E-state index < -0.39 is 10.0 Å². The first-order valence-corrected chi connectivity index (χ1v) is 11.5. The Hall–Kier alpha value is -3.04. The highest BCUT2D eigenvalue weighted by atomic mass is 32.2. The van der Waals surface area contributed by atoms with Crippen LogP contribution in [0.4, 0.5) is 17.3 Å². The number of nitrogens with one attached hydrogen (secondary N) is 1. The van der Waals surface area contributed by atoms with Gasteiger partial charge in [0.05, 0.1) is 40.2 Å². The van der Waals surface area contributed by atoms with Crippen LogP contribution < -0.4 is 9.62 Å². The highest BCUT2D eigenvalue weighted by Crippen LogP contribution is 2.34. The molecule has 1 aromatic carbocycles. The third kappa shape index (κ3) is 4.06.